The molecule has 2 atom stereocenters. The van der Waals surface area contributed by atoms with Crippen molar-refractivity contribution in [2.75, 3.05) is 58.1 Å². The summed E-state index contributed by atoms with van der Waals surface area (Å²) in [6.45, 7) is 5.97. The van der Waals surface area contributed by atoms with Gasteiger partial charge in [0.25, 0.3) is 5.91 Å². The Morgan fingerprint density at radius 3 is 2.44 bits per heavy atom. The average molecular weight is 572 g/mol. The number of halogens is 2. The van der Waals surface area contributed by atoms with Gasteiger partial charge in [-0.15, -0.1) is 23.5 Å². The number of carbonyl (C=O) groups excluding carboxylic acids is 3. The van der Waals surface area contributed by atoms with Gasteiger partial charge in [-0.2, -0.15) is 0 Å². The first-order valence-corrected chi connectivity index (χ1v) is 14.3. The summed E-state index contributed by atoms with van der Waals surface area (Å²) < 4.78 is 0.739. The second-order valence-corrected chi connectivity index (χ2v) is 12.9. The van der Waals surface area contributed by atoms with E-state index in [2.05, 4.69) is 20.0 Å². The van der Waals surface area contributed by atoms with Gasteiger partial charge in [0, 0.05) is 21.2 Å². The maximum absolute atomic E-state index is 13.0. The van der Waals surface area contributed by atoms with Gasteiger partial charge < -0.3 is 15.2 Å². The van der Waals surface area contributed by atoms with E-state index >= 15 is 0 Å². The third-order valence-corrected chi connectivity index (χ3v) is 10.1. The van der Waals surface area contributed by atoms with Crippen LogP contribution in [0.4, 0.5) is 0 Å². The van der Waals surface area contributed by atoms with Crippen LogP contribution in [-0.2, 0) is 14.4 Å². The molecule has 192 valence electrons. The molecular weight excluding hydrogens is 547 g/mol. The Bertz CT molecular complexity index is 1150. The number of thioether (sulfide) groups is 2. The first-order valence-electron chi connectivity index (χ1n) is 11.5. The number of fused-ring (bicyclic) bond motifs is 1. The Morgan fingerprint density at radius 1 is 1.14 bits per heavy atom. The van der Waals surface area contributed by atoms with Gasteiger partial charge in [0.05, 0.1) is 42.4 Å². The summed E-state index contributed by atoms with van der Waals surface area (Å²) >= 11 is 14.9. The monoisotopic (exact) mass is 570 g/mol. The van der Waals surface area contributed by atoms with Gasteiger partial charge in [0.15, 0.2) is 0 Å². The quantitative estimate of drug-likeness (QED) is 0.276. The van der Waals surface area contributed by atoms with Crippen LogP contribution in [-0.4, -0.2) is 111 Å². The lowest BCUT2D eigenvalue weighted by Gasteiger charge is -2.61. The predicted molar refractivity (Wildman–Crippen MR) is 134 cm³/mol. The fraction of sp³-hybridized carbons (Fsp3) is 0.500. The van der Waals surface area contributed by atoms with Crippen molar-refractivity contribution in [3.05, 3.63) is 39.5 Å². The summed E-state index contributed by atoms with van der Waals surface area (Å²) in [6.07, 6.45) is 0. The number of carboxylic acids is 1. The molecule has 14 heteroatoms. The van der Waals surface area contributed by atoms with Gasteiger partial charge in [-0.25, -0.2) is 14.7 Å². The normalized spacial score (nSPS) is 34.4. The Labute approximate surface area is 226 Å². The van der Waals surface area contributed by atoms with Crippen molar-refractivity contribution in [2.24, 2.45) is 0 Å². The van der Waals surface area contributed by atoms with Crippen LogP contribution >= 0.6 is 46.7 Å². The largest absolute Gasteiger partial charge is 0.543 e. The predicted octanol–water partition coefficient (Wildman–Crippen LogP) is -0.00200. The Morgan fingerprint density at radius 2 is 1.81 bits per heavy atom. The molecule has 5 saturated heterocycles. The zero-order valence-corrected chi connectivity index (χ0v) is 22.3. The number of rotatable bonds is 7. The lowest BCUT2D eigenvalue weighted by Crippen LogP contribution is -2.79. The summed E-state index contributed by atoms with van der Waals surface area (Å²) in [4.78, 5) is 46.9. The topological polar surface area (TPSA) is 99.3 Å². The summed E-state index contributed by atoms with van der Waals surface area (Å²) in [7, 11) is 0. The fourth-order valence-electron chi connectivity index (χ4n) is 5.95. The van der Waals surface area contributed by atoms with Crippen molar-refractivity contribution in [1.82, 2.24) is 24.9 Å². The van der Waals surface area contributed by atoms with Crippen LogP contribution in [0.3, 0.4) is 0 Å². The molecule has 7 rings (SSSR count). The van der Waals surface area contributed by atoms with Crippen molar-refractivity contribution < 1.29 is 24.0 Å². The molecule has 0 radical (unpaired) electrons. The molecule has 0 unspecified atom stereocenters. The van der Waals surface area contributed by atoms with Gasteiger partial charge in [-0.05, 0) is 18.2 Å². The standard InChI is InChI=1S/C22H24Cl2N6O4S2/c23-14-1-2-15(24)16(3-14)35-6-17(31)25-18-20(32)29-19(22(33)34)13(5-36-21(18)29)4-30-10-26-7-27(11-30)9-28(8-26)12-30/h1-3,18,21H,4-12H2,(H-,25,31,33,34)/t18-,21-/m1/s1. The van der Waals surface area contributed by atoms with Crippen LogP contribution in [0, 0.1) is 0 Å². The van der Waals surface area contributed by atoms with Gasteiger partial charge in [0.1, 0.15) is 38.0 Å². The van der Waals surface area contributed by atoms with E-state index in [9.17, 15) is 19.5 Å². The first-order chi connectivity index (χ1) is 17.2. The number of β-lactam (4-membered cyclic amide) rings is 1. The van der Waals surface area contributed by atoms with E-state index in [0.717, 1.165) is 50.1 Å². The van der Waals surface area contributed by atoms with E-state index in [1.54, 1.807) is 18.2 Å². The number of quaternary nitrogens is 1. The minimum absolute atomic E-state index is 0.0248. The molecule has 0 aromatic heterocycles. The highest BCUT2D eigenvalue weighted by atomic mass is 35.5. The van der Waals surface area contributed by atoms with Gasteiger partial charge in [-0.3, -0.25) is 19.0 Å². The van der Waals surface area contributed by atoms with E-state index in [4.69, 9.17) is 23.2 Å². The molecule has 1 aromatic rings. The van der Waals surface area contributed by atoms with Crippen LogP contribution in [0.5, 0.6) is 0 Å². The highest BCUT2D eigenvalue weighted by Gasteiger charge is 2.55. The molecule has 2 amide bonds. The zero-order chi connectivity index (χ0) is 25.2. The molecule has 6 heterocycles. The summed E-state index contributed by atoms with van der Waals surface area (Å²) in [5.41, 5.74) is 0.703. The number of carbonyl (C=O) groups is 3. The van der Waals surface area contributed by atoms with Crippen molar-refractivity contribution in [3.8, 4) is 0 Å². The zero-order valence-electron chi connectivity index (χ0n) is 19.2. The summed E-state index contributed by atoms with van der Waals surface area (Å²) in [6, 6.07) is 4.24. The fourth-order valence-corrected chi connectivity index (χ4v) is 8.59. The molecule has 0 aliphatic carbocycles. The number of nitrogens with zero attached hydrogens (tertiary/aromatic N) is 5. The number of carboxylic acid groups (broad SMARTS) is 1. The van der Waals surface area contributed by atoms with E-state index in [1.807, 2.05) is 0 Å². The third-order valence-electron chi connectivity index (χ3n) is 7.04. The maximum atomic E-state index is 13.0. The highest BCUT2D eigenvalue weighted by molar-refractivity contribution is 8.00. The molecule has 6 aliphatic rings. The first kappa shape index (κ1) is 24.8. The summed E-state index contributed by atoms with van der Waals surface area (Å²) in [5.74, 6) is -1.55. The molecule has 6 aliphatic heterocycles. The van der Waals surface area contributed by atoms with Crippen molar-refractivity contribution in [1.29, 1.82) is 0 Å². The lowest BCUT2D eigenvalue weighted by molar-refractivity contribution is -0.976. The number of nitrogens with one attached hydrogen (secondary N) is 1. The molecule has 5 fully saturated rings. The van der Waals surface area contributed by atoms with Crippen molar-refractivity contribution >= 4 is 64.5 Å². The minimum atomic E-state index is -1.34. The van der Waals surface area contributed by atoms with Crippen molar-refractivity contribution in [2.45, 2.75) is 16.3 Å². The van der Waals surface area contributed by atoms with E-state index < -0.39 is 23.3 Å². The second kappa shape index (κ2) is 9.35. The van der Waals surface area contributed by atoms with Crippen LogP contribution in [0.2, 0.25) is 10.0 Å². The minimum Gasteiger partial charge on any atom is -0.543 e. The van der Waals surface area contributed by atoms with Gasteiger partial charge >= 0.3 is 0 Å². The molecule has 4 bridgehead atoms. The number of aliphatic carboxylic acids is 1. The molecule has 0 spiro atoms. The average Bonchev–Trinajstić information content (AvgIpc) is 2.81. The third kappa shape index (κ3) is 4.41. The Balaban J connectivity index is 1.13. The highest BCUT2D eigenvalue weighted by Crippen LogP contribution is 2.42. The maximum Gasteiger partial charge on any atom is 0.253 e. The van der Waals surface area contributed by atoms with Crippen LogP contribution in [0.15, 0.2) is 34.4 Å². The van der Waals surface area contributed by atoms with Gasteiger partial charge in [0.2, 0.25) is 5.91 Å². The van der Waals surface area contributed by atoms with Crippen LogP contribution in [0.25, 0.3) is 0 Å². The smallest absolute Gasteiger partial charge is 0.253 e. The second-order valence-electron chi connectivity index (χ2n) is 9.92. The van der Waals surface area contributed by atoms with Gasteiger partial charge in [-0.1, -0.05) is 23.2 Å². The Hall–Kier alpha value is -1.51. The van der Waals surface area contributed by atoms with Crippen molar-refractivity contribution in [3.63, 3.8) is 0 Å². The number of hydrogen-bond acceptors (Lipinski definition) is 9. The molecule has 1 aromatic carbocycles. The van der Waals surface area contributed by atoms with E-state index in [0.29, 0.717) is 27.2 Å². The molecular formula is C22H24Cl2N6O4S2. The molecule has 10 nitrogen and oxygen atoms in total. The van der Waals surface area contributed by atoms with E-state index in [1.165, 1.54) is 28.4 Å². The number of hydrogen-bond donors (Lipinski definition) is 1. The lowest BCUT2D eigenvalue weighted by atomic mass is 10.0. The van der Waals surface area contributed by atoms with Crippen LogP contribution in [0.1, 0.15) is 0 Å². The number of benzene rings is 1. The Kier molecular flexibility index (Phi) is 6.44. The van der Waals surface area contributed by atoms with E-state index in [-0.39, 0.29) is 17.4 Å². The summed E-state index contributed by atoms with van der Waals surface area (Å²) in [5, 5.41) is 15.5. The number of amides is 2. The molecule has 1 N–H and O–H groups in total. The van der Waals surface area contributed by atoms with Crippen LogP contribution < -0.4 is 10.4 Å². The SMILES string of the molecule is O=C(CSc1cc(Cl)ccc1Cl)N[C@@H]1C(=O)N2C(C(=O)[O-])=C(C[N+]34CN5CN(CN(C5)C3)C4)CS[C@H]12. The molecule has 36 heavy (non-hydrogen) atoms. The molecule has 0 saturated carbocycles.